The second-order valence-electron chi connectivity index (χ2n) is 8.57. The fraction of sp³-hybridized carbons (Fsp3) is 0.241. The number of halogens is 1. The number of benzene rings is 3. The highest BCUT2D eigenvalue weighted by molar-refractivity contribution is 5.94. The molecule has 0 radical (unpaired) electrons. The number of carbonyl (C=O) groups excluding carboxylic acids is 1. The molecule has 0 bridgehead atoms. The summed E-state index contributed by atoms with van der Waals surface area (Å²) in [6.45, 7) is 6.20. The van der Waals surface area contributed by atoms with Gasteiger partial charge in [-0.2, -0.15) is 5.10 Å². The van der Waals surface area contributed by atoms with Crippen LogP contribution >= 0.6 is 0 Å². The van der Waals surface area contributed by atoms with Gasteiger partial charge in [-0.1, -0.05) is 37.3 Å². The van der Waals surface area contributed by atoms with Crippen LogP contribution in [0.2, 0.25) is 0 Å². The third kappa shape index (κ3) is 5.25. The molecule has 0 unspecified atom stereocenters. The van der Waals surface area contributed by atoms with E-state index in [1.165, 1.54) is 24.3 Å². The van der Waals surface area contributed by atoms with Crippen LogP contribution in [0.15, 0.2) is 78.9 Å². The molecular weight excluding hydrogens is 457 g/mol. The number of ether oxygens (including phenoxy) is 2. The first-order valence-electron chi connectivity index (χ1n) is 11.9. The number of carbonyl (C=O) groups is 1. The highest BCUT2D eigenvalue weighted by Crippen LogP contribution is 2.36. The first-order chi connectivity index (χ1) is 17.4. The molecule has 186 valence electrons. The second kappa shape index (κ2) is 11.1. The Morgan fingerprint density at radius 3 is 2.28 bits per heavy atom. The Morgan fingerprint density at radius 2 is 1.64 bits per heavy atom. The number of methoxy groups -OCH3 is 1. The number of aromatic nitrogens is 2. The number of para-hydroxylation sites is 3. The molecule has 3 aromatic carbocycles. The average Bonchev–Trinajstić information content (AvgIpc) is 3.22. The van der Waals surface area contributed by atoms with Gasteiger partial charge in [-0.05, 0) is 68.8 Å². The standard InChI is InChI=1S/C29H30FN3O3/c1-5-20(2)32(28(34)22-15-17-23(30)18-16-22)19-25-21(3)31-33(24-11-7-6-8-12-24)29(25)36-27-14-10-9-13-26(27)35-4/h6-18,20H,5,19H2,1-4H3/t20-/m0/s1. The number of nitrogens with zero attached hydrogens (tertiary/aromatic N) is 3. The summed E-state index contributed by atoms with van der Waals surface area (Å²) in [5, 5.41) is 4.78. The van der Waals surface area contributed by atoms with E-state index in [-0.39, 0.29) is 24.3 Å². The number of amides is 1. The van der Waals surface area contributed by atoms with Gasteiger partial charge in [-0.15, -0.1) is 0 Å². The Hall–Kier alpha value is -4.13. The number of rotatable bonds is 9. The minimum atomic E-state index is -0.380. The topological polar surface area (TPSA) is 56.6 Å². The van der Waals surface area contributed by atoms with E-state index < -0.39 is 0 Å². The smallest absolute Gasteiger partial charge is 0.254 e. The van der Waals surface area contributed by atoms with Gasteiger partial charge in [0.2, 0.25) is 5.88 Å². The molecule has 6 nitrogen and oxygen atoms in total. The Labute approximate surface area is 210 Å². The maximum atomic E-state index is 13.5. The molecule has 0 saturated heterocycles. The maximum absolute atomic E-state index is 13.5. The van der Waals surface area contributed by atoms with Crippen molar-refractivity contribution in [1.82, 2.24) is 14.7 Å². The summed E-state index contributed by atoms with van der Waals surface area (Å²) in [7, 11) is 1.59. The first kappa shape index (κ1) is 25.0. The lowest BCUT2D eigenvalue weighted by molar-refractivity contribution is 0.0670. The minimum Gasteiger partial charge on any atom is -0.493 e. The molecule has 0 fully saturated rings. The molecule has 4 aromatic rings. The van der Waals surface area contributed by atoms with Crippen LogP contribution in [-0.2, 0) is 6.54 Å². The van der Waals surface area contributed by atoms with Gasteiger partial charge in [-0.25, -0.2) is 9.07 Å². The molecule has 1 aromatic heterocycles. The molecule has 7 heteroatoms. The lowest BCUT2D eigenvalue weighted by atomic mass is 10.1. The van der Waals surface area contributed by atoms with Crippen molar-refractivity contribution in [1.29, 1.82) is 0 Å². The van der Waals surface area contributed by atoms with Crippen molar-refractivity contribution >= 4 is 5.91 Å². The monoisotopic (exact) mass is 487 g/mol. The fourth-order valence-corrected chi connectivity index (χ4v) is 3.95. The van der Waals surface area contributed by atoms with Gasteiger partial charge >= 0.3 is 0 Å². The zero-order chi connectivity index (χ0) is 25.7. The third-order valence-electron chi connectivity index (χ3n) is 6.22. The van der Waals surface area contributed by atoms with Crippen LogP contribution in [-0.4, -0.2) is 33.7 Å². The molecule has 0 spiro atoms. The van der Waals surface area contributed by atoms with Crippen LogP contribution < -0.4 is 9.47 Å². The molecular formula is C29H30FN3O3. The maximum Gasteiger partial charge on any atom is 0.254 e. The summed E-state index contributed by atoms with van der Waals surface area (Å²) in [6.07, 6.45) is 0.751. The molecule has 0 aliphatic carbocycles. The van der Waals surface area contributed by atoms with Crippen molar-refractivity contribution in [2.45, 2.75) is 39.8 Å². The normalized spacial score (nSPS) is 11.7. The predicted octanol–water partition coefficient (Wildman–Crippen LogP) is 6.56. The second-order valence-corrected chi connectivity index (χ2v) is 8.57. The summed E-state index contributed by atoms with van der Waals surface area (Å²) >= 11 is 0. The van der Waals surface area contributed by atoms with Gasteiger partial charge in [0.05, 0.1) is 30.6 Å². The molecule has 4 rings (SSSR count). The van der Waals surface area contributed by atoms with E-state index in [0.29, 0.717) is 22.9 Å². The Balaban J connectivity index is 1.80. The fourth-order valence-electron chi connectivity index (χ4n) is 3.95. The average molecular weight is 488 g/mol. The zero-order valence-electron chi connectivity index (χ0n) is 20.9. The lowest BCUT2D eigenvalue weighted by Crippen LogP contribution is -2.38. The van der Waals surface area contributed by atoms with Crippen molar-refractivity contribution in [2.24, 2.45) is 0 Å². The van der Waals surface area contributed by atoms with E-state index in [9.17, 15) is 9.18 Å². The summed E-state index contributed by atoms with van der Waals surface area (Å²) in [6, 6.07) is 22.7. The molecule has 0 N–H and O–H groups in total. The van der Waals surface area contributed by atoms with E-state index in [1.54, 1.807) is 16.7 Å². The van der Waals surface area contributed by atoms with E-state index >= 15 is 0 Å². The van der Waals surface area contributed by atoms with Crippen molar-refractivity contribution < 1.29 is 18.7 Å². The van der Waals surface area contributed by atoms with Gasteiger partial charge in [0, 0.05) is 11.6 Å². The van der Waals surface area contributed by atoms with E-state index in [4.69, 9.17) is 14.6 Å². The Kier molecular flexibility index (Phi) is 7.68. The van der Waals surface area contributed by atoms with Crippen LogP contribution in [0.5, 0.6) is 17.4 Å². The quantitative estimate of drug-likeness (QED) is 0.268. The van der Waals surface area contributed by atoms with Crippen molar-refractivity contribution in [3.05, 3.63) is 102 Å². The summed E-state index contributed by atoms with van der Waals surface area (Å²) < 4.78 is 27.2. The summed E-state index contributed by atoms with van der Waals surface area (Å²) in [5.74, 6) is 1.07. The van der Waals surface area contributed by atoms with Gasteiger partial charge in [0.15, 0.2) is 11.5 Å². The molecule has 1 heterocycles. The molecule has 1 atom stereocenters. The molecule has 0 saturated carbocycles. The Morgan fingerprint density at radius 1 is 1.00 bits per heavy atom. The number of aryl methyl sites for hydroxylation is 1. The summed E-state index contributed by atoms with van der Waals surface area (Å²) in [5.41, 5.74) is 2.78. The molecule has 0 aliphatic heterocycles. The highest BCUT2D eigenvalue weighted by atomic mass is 19.1. The predicted molar refractivity (Wildman–Crippen MR) is 137 cm³/mol. The van der Waals surface area contributed by atoms with Crippen molar-refractivity contribution in [3.63, 3.8) is 0 Å². The van der Waals surface area contributed by atoms with Gasteiger partial charge in [0.1, 0.15) is 5.82 Å². The minimum absolute atomic E-state index is 0.0684. The van der Waals surface area contributed by atoms with Gasteiger partial charge in [0.25, 0.3) is 5.91 Å². The number of hydrogen-bond acceptors (Lipinski definition) is 4. The van der Waals surface area contributed by atoms with Crippen LogP contribution in [0, 0.1) is 12.7 Å². The van der Waals surface area contributed by atoms with Crippen molar-refractivity contribution in [3.8, 4) is 23.1 Å². The van der Waals surface area contributed by atoms with Gasteiger partial charge in [-0.3, -0.25) is 4.79 Å². The van der Waals surface area contributed by atoms with Crippen LogP contribution in [0.25, 0.3) is 5.69 Å². The van der Waals surface area contributed by atoms with E-state index in [2.05, 4.69) is 0 Å². The van der Waals surface area contributed by atoms with Crippen molar-refractivity contribution in [2.75, 3.05) is 7.11 Å². The largest absolute Gasteiger partial charge is 0.493 e. The zero-order valence-corrected chi connectivity index (χ0v) is 20.9. The molecule has 36 heavy (non-hydrogen) atoms. The van der Waals surface area contributed by atoms with E-state index in [1.807, 2.05) is 75.4 Å². The third-order valence-corrected chi connectivity index (χ3v) is 6.22. The first-order valence-corrected chi connectivity index (χ1v) is 11.9. The van der Waals surface area contributed by atoms with Crippen LogP contribution in [0.1, 0.15) is 41.9 Å². The molecule has 1 amide bonds. The van der Waals surface area contributed by atoms with Gasteiger partial charge < -0.3 is 14.4 Å². The van der Waals surface area contributed by atoms with Crippen LogP contribution in [0.4, 0.5) is 4.39 Å². The highest BCUT2D eigenvalue weighted by Gasteiger charge is 2.27. The Bertz CT molecular complexity index is 1320. The lowest BCUT2D eigenvalue weighted by Gasteiger charge is -2.29. The van der Waals surface area contributed by atoms with E-state index in [0.717, 1.165) is 23.4 Å². The molecule has 0 aliphatic rings. The number of hydrogen-bond donors (Lipinski definition) is 0. The SMILES string of the molecule is CC[C@H](C)N(Cc1c(C)nn(-c2ccccc2)c1Oc1ccccc1OC)C(=O)c1ccc(F)cc1. The summed E-state index contributed by atoms with van der Waals surface area (Å²) in [4.78, 5) is 15.3. The van der Waals surface area contributed by atoms with Crippen LogP contribution in [0.3, 0.4) is 0 Å².